The third-order valence-electron chi connectivity index (χ3n) is 5.75. The fourth-order valence-electron chi connectivity index (χ4n) is 3.97. The molecule has 2 aliphatic rings. The molecule has 3 aromatic rings. The van der Waals surface area contributed by atoms with E-state index in [1.165, 1.54) is 29.8 Å². The molecular formula is C25H18F2N2O4S. The van der Waals surface area contributed by atoms with Gasteiger partial charge in [0.25, 0.3) is 11.1 Å². The van der Waals surface area contributed by atoms with E-state index in [4.69, 9.17) is 4.42 Å². The molecule has 6 nitrogen and oxygen atoms in total. The zero-order valence-electron chi connectivity index (χ0n) is 17.8. The van der Waals surface area contributed by atoms with Gasteiger partial charge in [-0.25, -0.2) is 8.78 Å². The average Bonchev–Trinajstić information content (AvgIpc) is 3.38. The molecule has 0 bridgehead atoms. The van der Waals surface area contributed by atoms with E-state index >= 15 is 0 Å². The highest BCUT2D eigenvalue weighted by Crippen LogP contribution is 2.34. The Morgan fingerprint density at radius 1 is 1.06 bits per heavy atom. The number of benzene rings is 2. The number of rotatable bonds is 4. The quantitative estimate of drug-likeness (QED) is 0.500. The summed E-state index contributed by atoms with van der Waals surface area (Å²) in [7, 11) is 0. The lowest BCUT2D eigenvalue weighted by atomic mass is 10.00. The molecule has 2 aromatic carbocycles. The molecule has 5 rings (SSSR count). The van der Waals surface area contributed by atoms with E-state index < -0.39 is 22.8 Å². The standard InChI is InChI=1S/C25H18F2N2O4S/c26-17-5-7-19(20(27)11-17)21-8-6-18(33-21)12-22-24(31)29(25(32)34-22)14-23(30)28-10-9-15-3-1-2-4-16(15)13-28/h1-8,11-12H,9-10,13-14H2/b22-12+. The summed E-state index contributed by atoms with van der Waals surface area (Å²) in [5.41, 5.74) is 2.32. The lowest BCUT2D eigenvalue weighted by Crippen LogP contribution is -2.44. The molecule has 0 aliphatic carbocycles. The number of thioether (sulfide) groups is 1. The van der Waals surface area contributed by atoms with Gasteiger partial charge in [0.1, 0.15) is 29.7 Å². The van der Waals surface area contributed by atoms with Crippen molar-refractivity contribution in [3.05, 3.63) is 88.0 Å². The summed E-state index contributed by atoms with van der Waals surface area (Å²) in [4.78, 5) is 40.7. The number of hydrogen-bond acceptors (Lipinski definition) is 5. The van der Waals surface area contributed by atoms with E-state index in [-0.39, 0.29) is 34.4 Å². The Balaban J connectivity index is 1.28. The maximum Gasteiger partial charge on any atom is 0.294 e. The summed E-state index contributed by atoms with van der Waals surface area (Å²) in [5, 5.41) is -0.543. The molecule has 3 heterocycles. The van der Waals surface area contributed by atoms with E-state index in [1.807, 2.05) is 24.3 Å². The zero-order chi connectivity index (χ0) is 23.8. The lowest BCUT2D eigenvalue weighted by Gasteiger charge is -2.29. The van der Waals surface area contributed by atoms with Crippen LogP contribution in [0.5, 0.6) is 0 Å². The van der Waals surface area contributed by atoms with Gasteiger partial charge in [-0.1, -0.05) is 24.3 Å². The predicted octanol–water partition coefficient (Wildman–Crippen LogP) is 4.85. The summed E-state index contributed by atoms with van der Waals surface area (Å²) in [6, 6.07) is 14.0. The highest BCUT2D eigenvalue weighted by molar-refractivity contribution is 8.18. The predicted molar refractivity (Wildman–Crippen MR) is 122 cm³/mol. The van der Waals surface area contributed by atoms with Crippen LogP contribution < -0.4 is 0 Å². The van der Waals surface area contributed by atoms with Crippen LogP contribution in [0.25, 0.3) is 17.4 Å². The molecule has 0 unspecified atom stereocenters. The molecule has 172 valence electrons. The Morgan fingerprint density at radius 3 is 2.65 bits per heavy atom. The van der Waals surface area contributed by atoms with Crippen LogP contribution in [0.2, 0.25) is 0 Å². The van der Waals surface area contributed by atoms with Crippen molar-refractivity contribution in [1.82, 2.24) is 9.80 Å². The monoisotopic (exact) mass is 480 g/mol. The highest BCUT2D eigenvalue weighted by atomic mass is 32.2. The Hall–Kier alpha value is -3.72. The summed E-state index contributed by atoms with van der Waals surface area (Å²) < 4.78 is 32.7. The number of carbonyl (C=O) groups excluding carboxylic acids is 3. The van der Waals surface area contributed by atoms with Gasteiger partial charge in [-0.2, -0.15) is 0 Å². The van der Waals surface area contributed by atoms with Gasteiger partial charge in [-0.3, -0.25) is 19.3 Å². The molecule has 1 fully saturated rings. The van der Waals surface area contributed by atoms with Gasteiger partial charge < -0.3 is 9.32 Å². The second-order valence-electron chi connectivity index (χ2n) is 7.93. The van der Waals surface area contributed by atoms with Crippen molar-refractivity contribution < 1.29 is 27.6 Å². The van der Waals surface area contributed by atoms with Gasteiger partial charge in [-0.05, 0) is 53.6 Å². The van der Waals surface area contributed by atoms with Gasteiger partial charge in [0.05, 0.1) is 10.5 Å². The number of nitrogens with zero attached hydrogens (tertiary/aromatic N) is 2. The average molecular weight is 480 g/mol. The van der Waals surface area contributed by atoms with Crippen LogP contribution in [0.15, 0.2) is 63.9 Å². The van der Waals surface area contributed by atoms with Gasteiger partial charge >= 0.3 is 0 Å². The van der Waals surface area contributed by atoms with Crippen LogP contribution in [0.4, 0.5) is 13.6 Å². The van der Waals surface area contributed by atoms with Crippen molar-refractivity contribution >= 4 is 34.9 Å². The summed E-state index contributed by atoms with van der Waals surface area (Å²) in [6.07, 6.45) is 2.09. The second-order valence-corrected chi connectivity index (χ2v) is 8.92. The number of furan rings is 1. The first-order valence-corrected chi connectivity index (χ1v) is 11.4. The van der Waals surface area contributed by atoms with Crippen LogP contribution in [-0.2, 0) is 22.6 Å². The summed E-state index contributed by atoms with van der Waals surface area (Å²) >= 11 is 0.708. The zero-order valence-corrected chi connectivity index (χ0v) is 18.6. The molecule has 0 radical (unpaired) electrons. The van der Waals surface area contributed by atoms with Crippen LogP contribution in [0, 0.1) is 11.6 Å². The van der Waals surface area contributed by atoms with E-state index in [0.717, 1.165) is 29.0 Å². The van der Waals surface area contributed by atoms with Gasteiger partial charge in [0.15, 0.2) is 0 Å². The SMILES string of the molecule is O=C(CN1C(=O)S/C(=C/c2ccc(-c3ccc(F)cc3F)o2)C1=O)N1CCc2ccccc2C1. The molecule has 1 saturated heterocycles. The Morgan fingerprint density at radius 2 is 1.85 bits per heavy atom. The number of fused-ring (bicyclic) bond motifs is 1. The molecular weight excluding hydrogens is 462 g/mol. The number of carbonyl (C=O) groups is 3. The van der Waals surface area contributed by atoms with Crippen LogP contribution >= 0.6 is 11.8 Å². The van der Waals surface area contributed by atoms with E-state index in [2.05, 4.69) is 0 Å². The highest BCUT2D eigenvalue weighted by Gasteiger charge is 2.37. The van der Waals surface area contributed by atoms with Gasteiger partial charge in [0.2, 0.25) is 5.91 Å². The summed E-state index contributed by atoms with van der Waals surface area (Å²) in [6.45, 7) is 0.627. The lowest BCUT2D eigenvalue weighted by molar-refractivity contribution is -0.136. The Labute approximate surface area is 197 Å². The maximum absolute atomic E-state index is 14.0. The van der Waals surface area contributed by atoms with E-state index in [1.54, 1.807) is 4.90 Å². The Kier molecular flexibility index (Phi) is 5.79. The Bertz CT molecular complexity index is 1350. The molecule has 2 aliphatic heterocycles. The first-order chi connectivity index (χ1) is 16.4. The second kappa shape index (κ2) is 8.90. The van der Waals surface area contributed by atoms with Crippen molar-refractivity contribution in [2.24, 2.45) is 0 Å². The number of halogens is 2. The first kappa shape index (κ1) is 22.1. The van der Waals surface area contributed by atoms with Crippen LogP contribution in [0.3, 0.4) is 0 Å². The van der Waals surface area contributed by atoms with Crippen molar-refractivity contribution in [2.75, 3.05) is 13.1 Å². The third-order valence-corrected chi connectivity index (χ3v) is 6.65. The number of imide groups is 1. The topological polar surface area (TPSA) is 70.8 Å². The van der Waals surface area contributed by atoms with E-state index in [9.17, 15) is 23.2 Å². The van der Waals surface area contributed by atoms with E-state index in [0.29, 0.717) is 24.9 Å². The van der Waals surface area contributed by atoms with Crippen LogP contribution in [-0.4, -0.2) is 39.9 Å². The summed E-state index contributed by atoms with van der Waals surface area (Å²) in [5.74, 6) is -1.99. The molecule has 34 heavy (non-hydrogen) atoms. The normalized spacial score (nSPS) is 16.9. The van der Waals surface area contributed by atoms with Crippen molar-refractivity contribution in [1.29, 1.82) is 0 Å². The van der Waals surface area contributed by atoms with Crippen molar-refractivity contribution in [3.8, 4) is 11.3 Å². The molecule has 9 heteroatoms. The smallest absolute Gasteiger partial charge is 0.294 e. The molecule has 0 spiro atoms. The molecule has 3 amide bonds. The molecule has 0 saturated carbocycles. The molecule has 0 N–H and O–H groups in total. The van der Waals surface area contributed by atoms with Gasteiger partial charge in [-0.15, -0.1) is 0 Å². The largest absolute Gasteiger partial charge is 0.457 e. The minimum absolute atomic E-state index is 0.0721. The minimum atomic E-state index is -0.778. The number of amides is 3. The third kappa shape index (κ3) is 4.26. The molecule has 1 aromatic heterocycles. The fraction of sp³-hybridized carbons (Fsp3) is 0.160. The van der Waals surface area contributed by atoms with Gasteiger partial charge in [0, 0.05) is 25.2 Å². The minimum Gasteiger partial charge on any atom is -0.457 e. The fourth-order valence-corrected chi connectivity index (χ4v) is 4.79. The van der Waals surface area contributed by atoms with Crippen LogP contribution in [0.1, 0.15) is 16.9 Å². The maximum atomic E-state index is 14.0. The molecule has 0 atom stereocenters. The number of hydrogen-bond donors (Lipinski definition) is 0. The first-order valence-electron chi connectivity index (χ1n) is 10.5. The van der Waals surface area contributed by atoms with Crippen molar-refractivity contribution in [3.63, 3.8) is 0 Å². The van der Waals surface area contributed by atoms with Crippen molar-refractivity contribution in [2.45, 2.75) is 13.0 Å².